The molecule has 0 fully saturated rings. The van der Waals surface area contributed by atoms with Gasteiger partial charge in [0.25, 0.3) is 0 Å². The smallest absolute Gasteiger partial charge is 0.303 e. The van der Waals surface area contributed by atoms with Crippen LogP contribution in [0.1, 0.15) is 20.8 Å². The summed E-state index contributed by atoms with van der Waals surface area (Å²) in [4.78, 5) is 0. The molecule has 0 bridgehead atoms. The molecule has 4 unspecified atom stereocenters. The first-order valence-corrected chi connectivity index (χ1v) is 12.8. The first-order valence-electron chi connectivity index (χ1n) is 6.26. The normalized spacial score (nSPS) is 42.2. The van der Waals surface area contributed by atoms with E-state index in [4.69, 9.17) is 0 Å². The third kappa shape index (κ3) is 5.86. The zero-order chi connectivity index (χ0) is 17.1. The fourth-order valence-corrected chi connectivity index (χ4v) is 10.9. The van der Waals surface area contributed by atoms with Gasteiger partial charge in [-0.2, -0.15) is 25.8 Å². The number of hydrogen-bond donors (Lipinski definition) is 0. The minimum absolute atomic E-state index is 0.231. The summed E-state index contributed by atoms with van der Waals surface area (Å²) < 4.78 is 84.5. The summed E-state index contributed by atoms with van der Waals surface area (Å²) in [6.07, 6.45) is 0. The quantitative estimate of drug-likeness (QED) is 0.339. The molecule has 0 radical (unpaired) electrons. The highest BCUT2D eigenvalue weighted by atomic mass is 31.3. The molecule has 0 spiro atoms. The van der Waals surface area contributed by atoms with Gasteiger partial charge in [-0.05, 0) is 20.8 Å². The van der Waals surface area contributed by atoms with Gasteiger partial charge in [-0.1, -0.05) is 0 Å². The lowest BCUT2D eigenvalue weighted by molar-refractivity contribution is 0.333. The van der Waals surface area contributed by atoms with E-state index in [0.717, 1.165) is 6.66 Å². The number of halogens is 4. The molecule has 0 saturated carbocycles. The first kappa shape index (κ1) is 20.6. The molecule has 0 N–H and O–H groups in total. The zero-order valence-electron chi connectivity index (χ0n) is 12.4. The van der Waals surface area contributed by atoms with Gasteiger partial charge in [-0.25, -0.2) is 0 Å². The number of rotatable bonds is 6. The van der Waals surface area contributed by atoms with Gasteiger partial charge in [-0.3, -0.25) is 0 Å². The molecular weight excluding hydrogens is 388 g/mol. The van der Waals surface area contributed by atoms with Gasteiger partial charge in [-0.15, -0.1) is 9.03 Å². The van der Waals surface area contributed by atoms with Crippen LogP contribution < -0.4 is 0 Å². The van der Waals surface area contributed by atoms with E-state index in [1.807, 2.05) is 0 Å². The first-order chi connectivity index (χ1) is 10.0. The summed E-state index contributed by atoms with van der Waals surface area (Å²) >= 11 is 0. The second-order valence-electron chi connectivity index (χ2n) is 3.84. The molecule has 1 aliphatic heterocycles. The molecule has 0 saturated heterocycles. The molecule has 0 aliphatic carbocycles. The summed E-state index contributed by atoms with van der Waals surface area (Å²) in [5.41, 5.74) is 0. The van der Waals surface area contributed by atoms with Crippen LogP contribution in [0.15, 0.2) is 18.1 Å². The molecule has 0 aromatic carbocycles. The van der Waals surface area contributed by atoms with E-state index in [1.54, 1.807) is 0 Å². The Kier molecular flexibility index (Phi) is 7.11. The van der Waals surface area contributed by atoms with Crippen molar-refractivity contribution in [2.24, 2.45) is 18.1 Å². The molecule has 1 rings (SSSR count). The second kappa shape index (κ2) is 7.60. The van der Waals surface area contributed by atoms with Crippen LogP contribution in [0.2, 0.25) is 0 Å². The Balaban J connectivity index is 3.69. The van der Waals surface area contributed by atoms with E-state index in [0.29, 0.717) is 0 Å². The molecule has 15 heteroatoms. The average molecular weight is 406 g/mol. The van der Waals surface area contributed by atoms with E-state index in [2.05, 4.69) is 31.6 Å². The average Bonchev–Trinajstić information content (AvgIpc) is 2.23. The summed E-state index contributed by atoms with van der Waals surface area (Å²) in [6, 6.07) is 0. The predicted octanol–water partition coefficient (Wildman–Crippen LogP) is 7.49. The topological polar surface area (TPSA) is 77.1 Å². The molecule has 0 aromatic heterocycles. The van der Waals surface area contributed by atoms with Crippen LogP contribution in [-0.2, 0) is 13.6 Å². The Morgan fingerprint density at radius 2 is 0.955 bits per heavy atom. The minimum atomic E-state index is -4.78. The van der Waals surface area contributed by atoms with Gasteiger partial charge in [0.05, 0.1) is 19.8 Å². The lowest BCUT2D eigenvalue weighted by atomic mass is 10.9. The molecule has 7 nitrogen and oxygen atoms in total. The predicted molar refractivity (Wildman–Crippen MR) is 82.6 cm³/mol. The summed E-state index contributed by atoms with van der Waals surface area (Å²) in [5.74, 6) is 0. The van der Waals surface area contributed by atoms with Crippen molar-refractivity contribution in [2.75, 3.05) is 26.5 Å². The Hall–Kier alpha value is 0.520. The minimum Gasteiger partial charge on any atom is -0.303 e. The van der Waals surface area contributed by atoms with Crippen molar-refractivity contribution in [1.82, 2.24) is 0 Å². The van der Waals surface area contributed by atoms with Gasteiger partial charge < -0.3 is 13.6 Å². The third-order valence-corrected chi connectivity index (χ3v) is 11.5. The lowest BCUT2D eigenvalue weighted by Gasteiger charge is -2.21. The van der Waals surface area contributed by atoms with Crippen LogP contribution in [0.4, 0.5) is 16.8 Å². The molecule has 0 amide bonds. The van der Waals surface area contributed by atoms with Gasteiger partial charge in [0.2, 0.25) is 7.52 Å². The van der Waals surface area contributed by atoms with E-state index in [9.17, 15) is 16.8 Å². The van der Waals surface area contributed by atoms with Crippen molar-refractivity contribution in [2.45, 2.75) is 20.8 Å². The molecule has 1 aliphatic rings. The lowest BCUT2D eigenvalue weighted by Crippen LogP contribution is -1.90. The van der Waals surface area contributed by atoms with Crippen molar-refractivity contribution in [1.29, 1.82) is 0 Å². The van der Waals surface area contributed by atoms with Crippen molar-refractivity contribution < 1.29 is 30.4 Å². The fourth-order valence-electron chi connectivity index (χ4n) is 1.39. The Morgan fingerprint density at radius 3 is 1.32 bits per heavy atom. The number of hydrogen-bond acceptors (Lipinski definition) is 7. The SMILES string of the molecule is CCOP1(F)=NP(C)(F)=NP(F)(OCC)=NP(F)(OCC)=N1. The second-order valence-corrected chi connectivity index (χ2v) is 11.9. The summed E-state index contributed by atoms with van der Waals surface area (Å²) in [7, 11) is -18.5. The Labute approximate surface area is 127 Å². The maximum atomic E-state index is 14.6. The molecule has 4 atom stereocenters. The fraction of sp³-hybridized carbons (Fsp3) is 1.00. The molecule has 1 heterocycles. The summed E-state index contributed by atoms with van der Waals surface area (Å²) in [5, 5.41) is 0. The van der Waals surface area contributed by atoms with E-state index in [-0.39, 0.29) is 19.8 Å². The molecule has 22 heavy (non-hydrogen) atoms. The number of nitrogens with zero attached hydrogens (tertiary/aromatic N) is 4. The molecular formula is C7H18F4N4O3P4. The highest BCUT2D eigenvalue weighted by Crippen LogP contribution is 2.80. The van der Waals surface area contributed by atoms with Crippen LogP contribution in [0.5, 0.6) is 0 Å². The highest BCUT2D eigenvalue weighted by molar-refractivity contribution is 7.79. The van der Waals surface area contributed by atoms with Crippen molar-refractivity contribution in [3.63, 3.8) is 0 Å². The van der Waals surface area contributed by atoms with E-state index >= 15 is 0 Å². The van der Waals surface area contributed by atoms with Crippen molar-refractivity contribution in [3.8, 4) is 0 Å². The van der Waals surface area contributed by atoms with Crippen LogP contribution in [0.25, 0.3) is 0 Å². The molecule has 132 valence electrons. The van der Waals surface area contributed by atoms with Gasteiger partial charge in [0.1, 0.15) is 0 Å². The van der Waals surface area contributed by atoms with Gasteiger partial charge in [0, 0.05) is 6.66 Å². The maximum Gasteiger partial charge on any atom is 0.387 e. The third-order valence-electron chi connectivity index (χ3n) is 1.87. The Bertz CT molecular complexity index is 627. The van der Waals surface area contributed by atoms with Crippen molar-refractivity contribution in [3.05, 3.63) is 0 Å². The van der Waals surface area contributed by atoms with E-state index < -0.39 is 30.7 Å². The van der Waals surface area contributed by atoms with Crippen LogP contribution >= 0.6 is 30.7 Å². The van der Waals surface area contributed by atoms with Crippen LogP contribution in [0.3, 0.4) is 0 Å². The van der Waals surface area contributed by atoms with Crippen molar-refractivity contribution >= 4 is 30.7 Å². The standard InChI is InChI=1S/C7H18F4N4O3P4/c1-5-16-20(9)12-19(4,8)13-21(10,17-6-2)15-22(11,14-20)18-7-3/h5-7H2,1-4H3. The van der Waals surface area contributed by atoms with Gasteiger partial charge in [0.15, 0.2) is 0 Å². The summed E-state index contributed by atoms with van der Waals surface area (Å²) in [6.45, 7) is 4.28. The van der Waals surface area contributed by atoms with Gasteiger partial charge >= 0.3 is 23.2 Å². The van der Waals surface area contributed by atoms with Crippen LogP contribution in [0, 0.1) is 0 Å². The monoisotopic (exact) mass is 406 g/mol. The highest BCUT2D eigenvalue weighted by Gasteiger charge is 2.38. The maximum absolute atomic E-state index is 14.6. The molecule has 0 aromatic rings. The zero-order valence-corrected chi connectivity index (χ0v) is 16.0. The van der Waals surface area contributed by atoms with E-state index in [1.165, 1.54) is 20.8 Å². The Morgan fingerprint density at radius 1 is 0.636 bits per heavy atom. The largest absolute Gasteiger partial charge is 0.387 e. The van der Waals surface area contributed by atoms with Crippen LogP contribution in [-0.4, -0.2) is 26.5 Å².